The number of aryl methyl sites for hydroxylation is 1. The third-order valence-corrected chi connectivity index (χ3v) is 5.09. The van der Waals surface area contributed by atoms with Gasteiger partial charge in [0.2, 0.25) is 0 Å². The molecule has 2 aromatic carbocycles. The Balaban J connectivity index is 1.59. The summed E-state index contributed by atoms with van der Waals surface area (Å²) in [4.78, 5) is 17.0. The molecule has 0 aromatic heterocycles. The minimum Gasteiger partial charge on any atom is -0.445 e. The molecule has 5 nitrogen and oxygen atoms in total. The van der Waals surface area contributed by atoms with Gasteiger partial charge < -0.3 is 15.0 Å². The Bertz CT molecular complexity index is 710. The van der Waals surface area contributed by atoms with E-state index >= 15 is 0 Å². The van der Waals surface area contributed by atoms with Gasteiger partial charge in [-0.15, -0.1) is 0 Å². The van der Waals surface area contributed by atoms with Gasteiger partial charge in [0.1, 0.15) is 6.61 Å². The number of rotatable bonds is 6. The zero-order chi connectivity index (χ0) is 19.1. The summed E-state index contributed by atoms with van der Waals surface area (Å²) in [5, 5.41) is 2.96. The number of piperazine rings is 1. The zero-order valence-electron chi connectivity index (χ0n) is 16.2. The molecule has 1 atom stereocenters. The monoisotopic (exact) mass is 367 g/mol. The van der Waals surface area contributed by atoms with Crippen LogP contribution in [0.4, 0.5) is 4.79 Å². The van der Waals surface area contributed by atoms with Crippen molar-refractivity contribution in [2.24, 2.45) is 0 Å². The molecule has 1 unspecified atom stereocenters. The molecule has 0 saturated carbocycles. The highest BCUT2D eigenvalue weighted by Gasteiger charge is 2.24. The van der Waals surface area contributed by atoms with Crippen LogP contribution in [0.3, 0.4) is 0 Å². The summed E-state index contributed by atoms with van der Waals surface area (Å²) < 4.78 is 5.36. The van der Waals surface area contributed by atoms with Gasteiger partial charge in [-0.2, -0.15) is 0 Å². The van der Waals surface area contributed by atoms with Crippen molar-refractivity contribution < 1.29 is 9.53 Å². The van der Waals surface area contributed by atoms with Crippen molar-refractivity contribution in [1.82, 2.24) is 15.1 Å². The van der Waals surface area contributed by atoms with Crippen LogP contribution in [0.2, 0.25) is 0 Å². The van der Waals surface area contributed by atoms with Crippen LogP contribution in [0.1, 0.15) is 22.7 Å². The fourth-order valence-corrected chi connectivity index (χ4v) is 3.33. The molecule has 27 heavy (non-hydrogen) atoms. The van der Waals surface area contributed by atoms with Gasteiger partial charge >= 0.3 is 6.09 Å². The van der Waals surface area contributed by atoms with Crippen molar-refractivity contribution in [3.63, 3.8) is 0 Å². The summed E-state index contributed by atoms with van der Waals surface area (Å²) in [6.07, 6.45) is -0.370. The number of carbonyl (C=O) groups is 1. The van der Waals surface area contributed by atoms with Gasteiger partial charge in [0.05, 0.1) is 6.04 Å². The van der Waals surface area contributed by atoms with Crippen LogP contribution in [-0.2, 0) is 11.3 Å². The number of nitrogens with one attached hydrogen (secondary N) is 1. The number of nitrogens with zero attached hydrogens (tertiary/aromatic N) is 2. The highest BCUT2D eigenvalue weighted by atomic mass is 16.5. The van der Waals surface area contributed by atoms with E-state index in [1.807, 2.05) is 30.3 Å². The lowest BCUT2D eigenvalue weighted by Crippen LogP contribution is -2.48. The Labute approximate surface area is 161 Å². The third-order valence-electron chi connectivity index (χ3n) is 5.09. The topological polar surface area (TPSA) is 44.8 Å². The third kappa shape index (κ3) is 5.81. The Morgan fingerprint density at radius 2 is 1.70 bits per heavy atom. The van der Waals surface area contributed by atoms with E-state index in [-0.39, 0.29) is 18.7 Å². The molecule has 0 bridgehead atoms. The highest BCUT2D eigenvalue weighted by Crippen LogP contribution is 2.22. The maximum atomic E-state index is 12.2. The number of hydrogen-bond acceptors (Lipinski definition) is 4. The molecule has 2 aromatic rings. The predicted octanol–water partition coefficient (Wildman–Crippen LogP) is 3.21. The second-order valence-corrected chi connectivity index (χ2v) is 7.21. The summed E-state index contributed by atoms with van der Waals surface area (Å²) >= 11 is 0. The molecular weight excluding hydrogens is 338 g/mol. The van der Waals surface area contributed by atoms with Gasteiger partial charge in [-0.3, -0.25) is 4.90 Å². The Morgan fingerprint density at radius 3 is 2.37 bits per heavy atom. The first kappa shape index (κ1) is 19.4. The van der Waals surface area contributed by atoms with Crippen molar-refractivity contribution >= 4 is 6.09 Å². The van der Waals surface area contributed by atoms with Crippen molar-refractivity contribution in [3.05, 3.63) is 71.3 Å². The summed E-state index contributed by atoms with van der Waals surface area (Å²) in [5.41, 5.74) is 3.46. The number of ether oxygens (including phenoxy) is 1. The Hall–Kier alpha value is -2.37. The summed E-state index contributed by atoms with van der Waals surface area (Å²) in [6, 6.07) is 18.5. The fourth-order valence-electron chi connectivity index (χ4n) is 3.33. The molecule has 144 valence electrons. The van der Waals surface area contributed by atoms with Gasteiger partial charge in [-0.1, -0.05) is 60.2 Å². The number of amides is 1. The number of likely N-dealkylation sites (N-methyl/N-ethyl adjacent to an activating group) is 1. The van der Waals surface area contributed by atoms with E-state index in [0.29, 0.717) is 6.54 Å². The molecule has 0 aliphatic carbocycles. The van der Waals surface area contributed by atoms with Crippen LogP contribution in [0, 0.1) is 6.92 Å². The van der Waals surface area contributed by atoms with E-state index in [1.54, 1.807) is 0 Å². The summed E-state index contributed by atoms with van der Waals surface area (Å²) in [5.74, 6) is 0. The fraction of sp³-hybridized carbons (Fsp3) is 0.409. The van der Waals surface area contributed by atoms with Crippen molar-refractivity contribution in [1.29, 1.82) is 0 Å². The normalized spacial score (nSPS) is 16.7. The first-order valence-corrected chi connectivity index (χ1v) is 9.55. The second kappa shape index (κ2) is 9.53. The van der Waals surface area contributed by atoms with Crippen LogP contribution in [0.15, 0.2) is 54.6 Å². The maximum Gasteiger partial charge on any atom is 0.407 e. The molecule has 0 radical (unpaired) electrons. The highest BCUT2D eigenvalue weighted by molar-refractivity contribution is 5.67. The molecule has 1 heterocycles. The smallest absolute Gasteiger partial charge is 0.407 e. The Morgan fingerprint density at radius 1 is 1.04 bits per heavy atom. The Kier molecular flexibility index (Phi) is 6.85. The molecule has 1 aliphatic heterocycles. The SMILES string of the molecule is Cc1ccc(C(CNC(=O)OCc2ccccc2)N2CCN(C)CC2)cc1. The summed E-state index contributed by atoms with van der Waals surface area (Å²) in [7, 11) is 2.15. The van der Waals surface area contributed by atoms with Crippen molar-refractivity contribution in [3.8, 4) is 0 Å². The number of alkyl carbamates (subject to hydrolysis) is 1. The molecule has 5 heteroatoms. The average molecular weight is 367 g/mol. The maximum absolute atomic E-state index is 12.2. The molecule has 3 rings (SSSR count). The van der Waals surface area contributed by atoms with Gasteiger partial charge in [0.15, 0.2) is 0 Å². The number of hydrogen-bond donors (Lipinski definition) is 1. The van der Waals surface area contributed by atoms with Gasteiger partial charge in [-0.25, -0.2) is 4.79 Å². The standard InChI is InChI=1S/C22H29N3O2/c1-18-8-10-20(11-9-18)21(25-14-12-24(2)13-15-25)16-23-22(26)27-17-19-6-4-3-5-7-19/h3-11,21H,12-17H2,1-2H3,(H,23,26). The van der Waals surface area contributed by atoms with Gasteiger partial charge in [0, 0.05) is 32.7 Å². The lowest BCUT2D eigenvalue weighted by atomic mass is 10.0. The van der Waals surface area contributed by atoms with Crippen molar-refractivity contribution in [2.75, 3.05) is 39.8 Å². The average Bonchev–Trinajstić information content (AvgIpc) is 2.70. The molecule has 1 saturated heterocycles. The van der Waals surface area contributed by atoms with Crippen LogP contribution in [0.5, 0.6) is 0 Å². The minimum absolute atomic E-state index is 0.156. The molecule has 1 amide bonds. The van der Waals surface area contributed by atoms with Crippen LogP contribution in [0.25, 0.3) is 0 Å². The largest absolute Gasteiger partial charge is 0.445 e. The quantitative estimate of drug-likeness (QED) is 0.852. The lowest BCUT2D eigenvalue weighted by molar-refractivity contribution is 0.103. The number of benzene rings is 2. The molecule has 1 fully saturated rings. The van der Waals surface area contributed by atoms with E-state index in [2.05, 4.69) is 53.4 Å². The van der Waals surface area contributed by atoms with Gasteiger partial charge in [-0.05, 0) is 25.1 Å². The minimum atomic E-state index is -0.370. The van der Waals surface area contributed by atoms with Gasteiger partial charge in [0.25, 0.3) is 0 Å². The van der Waals surface area contributed by atoms with E-state index in [0.717, 1.165) is 31.7 Å². The van der Waals surface area contributed by atoms with Crippen LogP contribution < -0.4 is 5.32 Å². The van der Waals surface area contributed by atoms with Crippen LogP contribution in [-0.4, -0.2) is 55.7 Å². The molecule has 1 N–H and O–H groups in total. The first-order valence-electron chi connectivity index (χ1n) is 9.55. The lowest BCUT2D eigenvalue weighted by Gasteiger charge is -2.38. The zero-order valence-corrected chi connectivity index (χ0v) is 16.2. The van der Waals surface area contributed by atoms with E-state index < -0.39 is 0 Å². The second-order valence-electron chi connectivity index (χ2n) is 7.21. The molecule has 0 spiro atoms. The van der Waals surface area contributed by atoms with E-state index in [1.165, 1.54) is 11.1 Å². The van der Waals surface area contributed by atoms with E-state index in [4.69, 9.17) is 4.74 Å². The van der Waals surface area contributed by atoms with E-state index in [9.17, 15) is 4.79 Å². The molecular formula is C22H29N3O2. The first-order chi connectivity index (χ1) is 13.1. The number of carbonyl (C=O) groups excluding carboxylic acids is 1. The molecule has 1 aliphatic rings. The predicted molar refractivity (Wildman–Crippen MR) is 108 cm³/mol. The van der Waals surface area contributed by atoms with Crippen LogP contribution >= 0.6 is 0 Å². The van der Waals surface area contributed by atoms with Crippen molar-refractivity contribution in [2.45, 2.75) is 19.6 Å². The summed E-state index contributed by atoms with van der Waals surface area (Å²) in [6.45, 7) is 7.00.